The summed E-state index contributed by atoms with van der Waals surface area (Å²) in [5.41, 5.74) is 0.567. The van der Waals surface area contributed by atoms with E-state index in [-0.39, 0.29) is 17.4 Å². The van der Waals surface area contributed by atoms with Gasteiger partial charge in [-0.05, 0) is 18.8 Å². The minimum atomic E-state index is -0.526. The highest BCUT2D eigenvalue weighted by Gasteiger charge is 2.23. The molecular weight excluding hydrogens is 206 g/mol. The fourth-order valence-electron chi connectivity index (χ4n) is 2.44. The predicted molar refractivity (Wildman–Crippen MR) is 60.6 cm³/mol. The molecule has 1 N–H and O–H groups in total. The van der Waals surface area contributed by atoms with Gasteiger partial charge in [0.05, 0.1) is 4.92 Å². The van der Waals surface area contributed by atoms with E-state index in [1.54, 1.807) is 12.1 Å². The summed E-state index contributed by atoms with van der Waals surface area (Å²) in [5, 5.41) is 20.6. The van der Waals surface area contributed by atoms with Crippen molar-refractivity contribution in [2.75, 3.05) is 0 Å². The van der Waals surface area contributed by atoms with Gasteiger partial charge in [0.15, 0.2) is 5.75 Å². The molecule has 1 fully saturated rings. The van der Waals surface area contributed by atoms with E-state index in [1.165, 1.54) is 12.5 Å². The Kier molecular flexibility index (Phi) is 3.08. The lowest BCUT2D eigenvalue weighted by Gasteiger charge is -2.22. The van der Waals surface area contributed by atoms with Crippen molar-refractivity contribution >= 4 is 5.69 Å². The number of nitro groups is 1. The van der Waals surface area contributed by atoms with E-state index in [4.69, 9.17) is 0 Å². The number of para-hydroxylation sites is 1. The van der Waals surface area contributed by atoms with Crippen molar-refractivity contribution in [1.82, 2.24) is 0 Å². The fourth-order valence-corrected chi connectivity index (χ4v) is 2.44. The van der Waals surface area contributed by atoms with Gasteiger partial charge in [0.1, 0.15) is 0 Å². The van der Waals surface area contributed by atoms with Crippen LogP contribution in [0.5, 0.6) is 5.75 Å². The van der Waals surface area contributed by atoms with Crippen molar-refractivity contribution in [2.45, 2.75) is 38.0 Å². The molecule has 1 aromatic rings. The van der Waals surface area contributed by atoms with E-state index in [1.807, 2.05) is 0 Å². The van der Waals surface area contributed by atoms with E-state index in [0.717, 1.165) is 31.2 Å². The van der Waals surface area contributed by atoms with Gasteiger partial charge in [0.2, 0.25) is 0 Å². The van der Waals surface area contributed by atoms with Crippen LogP contribution in [0.3, 0.4) is 0 Å². The number of hydrogen-bond donors (Lipinski definition) is 1. The summed E-state index contributed by atoms with van der Waals surface area (Å²) in [6.45, 7) is 0. The van der Waals surface area contributed by atoms with Crippen molar-refractivity contribution in [3.05, 3.63) is 33.9 Å². The number of aromatic hydroxyl groups is 1. The zero-order valence-electron chi connectivity index (χ0n) is 9.06. The predicted octanol–water partition coefficient (Wildman–Crippen LogP) is 3.35. The average Bonchev–Trinajstić information content (AvgIpc) is 2.30. The molecule has 0 atom stereocenters. The molecule has 0 aromatic heterocycles. The maximum absolute atomic E-state index is 10.7. The van der Waals surface area contributed by atoms with Crippen molar-refractivity contribution in [1.29, 1.82) is 0 Å². The van der Waals surface area contributed by atoms with Gasteiger partial charge in [-0.15, -0.1) is 0 Å². The van der Waals surface area contributed by atoms with E-state index >= 15 is 0 Å². The maximum atomic E-state index is 10.7. The third-order valence-electron chi connectivity index (χ3n) is 3.29. The molecule has 0 radical (unpaired) electrons. The van der Waals surface area contributed by atoms with E-state index in [9.17, 15) is 15.2 Å². The van der Waals surface area contributed by atoms with Gasteiger partial charge < -0.3 is 5.11 Å². The molecule has 0 heterocycles. The summed E-state index contributed by atoms with van der Waals surface area (Å²) in [5.74, 6) is 0.146. The largest absolute Gasteiger partial charge is 0.502 e. The molecule has 86 valence electrons. The summed E-state index contributed by atoms with van der Waals surface area (Å²) >= 11 is 0. The van der Waals surface area contributed by atoms with Gasteiger partial charge in [-0.1, -0.05) is 31.4 Å². The van der Waals surface area contributed by atoms with Gasteiger partial charge in [-0.2, -0.15) is 0 Å². The van der Waals surface area contributed by atoms with Crippen LogP contribution in [0, 0.1) is 10.1 Å². The number of nitro benzene ring substituents is 1. The first-order valence-corrected chi connectivity index (χ1v) is 5.66. The van der Waals surface area contributed by atoms with Gasteiger partial charge in [0.25, 0.3) is 0 Å². The standard InChI is InChI=1S/C12H15NO3/c14-12-10(9-5-2-1-3-6-9)7-4-8-11(12)13(15)16/h4,7-9,14H,1-3,5-6H2. The van der Waals surface area contributed by atoms with E-state index < -0.39 is 4.92 Å². The molecule has 0 spiro atoms. The van der Waals surface area contributed by atoms with Crippen LogP contribution < -0.4 is 0 Å². The van der Waals surface area contributed by atoms with Crippen LogP contribution in [0.15, 0.2) is 18.2 Å². The molecule has 1 saturated carbocycles. The minimum Gasteiger partial charge on any atom is -0.502 e. The minimum absolute atomic E-state index is 0.139. The lowest BCUT2D eigenvalue weighted by molar-refractivity contribution is -0.386. The van der Waals surface area contributed by atoms with Gasteiger partial charge in [-0.3, -0.25) is 10.1 Å². The van der Waals surface area contributed by atoms with Crippen LogP contribution in [0.1, 0.15) is 43.6 Å². The Morgan fingerprint density at radius 3 is 2.56 bits per heavy atom. The summed E-state index contributed by atoms with van der Waals surface area (Å²) < 4.78 is 0. The second-order valence-corrected chi connectivity index (χ2v) is 4.31. The Balaban J connectivity index is 2.33. The van der Waals surface area contributed by atoms with Crippen molar-refractivity contribution in [3.63, 3.8) is 0 Å². The molecule has 0 unspecified atom stereocenters. The number of nitrogens with zero attached hydrogens (tertiary/aromatic N) is 1. The first kappa shape index (κ1) is 10.9. The average molecular weight is 221 g/mol. The zero-order valence-corrected chi connectivity index (χ0v) is 9.06. The first-order chi connectivity index (χ1) is 7.70. The van der Waals surface area contributed by atoms with Crippen LogP contribution >= 0.6 is 0 Å². The topological polar surface area (TPSA) is 63.4 Å². The lowest BCUT2D eigenvalue weighted by atomic mass is 9.83. The van der Waals surface area contributed by atoms with Gasteiger partial charge in [0, 0.05) is 11.6 Å². The monoisotopic (exact) mass is 221 g/mol. The summed E-state index contributed by atoms with van der Waals surface area (Å²) in [4.78, 5) is 10.2. The highest BCUT2D eigenvalue weighted by atomic mass is 16.6. The van der Waals surface area contributed by atoms with E-state index in [2.05, 4.69) is 0 Å². The Labute approximate surface area is 94.1 Å². The number of phenolic OH excluding ortho intramolecular Hbond substituents is 1. The third kappa shape index (κ3) is 2.01. The molecule has 1 aromatic carbocycles. The maximum Gasteiger partial charge on any atom is 0.310 e. The highest BCUT2D eigenvalue weighted by Crippen LogP contribution is 2.40. The smallest absolute Gasteiger partial charge is 0.310 e. The van der Waals surface area contributed by atoms with Crippen LogP contribution in [-0.2, 0) is 0 Å². The van der Waals surface area contributed by atoms with Crippen molar-refractivity contribution < 1.29 is 10.0 Å². The molecule has 1 aliphatic carbocycles. The van der Waals surface area contributed by atoms with Crippen molar-refractivity contribution in [3.8, 4) is 5.75 Å². The Hall–Kier alpha value is -1.58. The quantitative estimate of drug-likeness (QED) is 0.615. The molecule has 16 heavy (non-hydrogen) atoms. The second-order valence-electron chi connectivity index (χ2n) is 4.31. The van der Waals surface area contributed by atoms with Crippen LogP contribution in [0.2, 0.25) is 0 Å². The number of hydrogen-bond acceptors (Lipinski definition) is 3. The second kappa shape index (κ2) is 4.51. The lowest BCUT2D eigenvalue weighted by Crippen LogP contribution is -2.05. The SMILES string of the molecule is O=[N+]([O-])c1cccc(C2CCCCC2)c1O. The summed E-state index contributed by atoms with van der Waals surface area (Å²) in [7, 11) is 0. The highest BCUT2D eigenvalue weighted by molar-refractivity contribution is 5.51. The number of rotatable bonds is 2. The van der Waals surface area contributed by atoms with E-state index in [0.29, 0.717) is 0 Å². The molecule has 0 bridgehead atoms. The molecule has 0 saturated heterocycles. The molecule has 2 rings (SSSR count). The van der Waals surface area contributed by atoms with Crippen molar-refractivity contribution in [2.24, 2.45) is 0 Å². The Morgan fingerprint density at radius 2 is 1.94 bits per heavy atom. The van der Waals surface area contributed by atoms with Crippen LogP contribution in [-0.4, -0.2) is 10.0 Å². The molecule has 4 heteroatoms. The zero-order chi connectivity index (χ0) is 11.5. The van der Waals surface area contributed by atoms with Crippen LogP contribution in [0.4, 0.5) is 5.69 Å². The molecule has 4 nitrogen and oxygen atoms in total. The Morgan fingerprint density at radius 1 is 1.25 bits per heavy atom. The fraction of sp³-hybridized carbons (Fsp3) is 0.500. The number of phenols is 1. The Bertz CT molecular complexity index is 397. The van der Waals surface area contributed by atoms with Gasteiger partial charge in [-0.25, -0.2) is 0 Å². The molecule has 1 aliphatic rings. The third-order valence-corrected chi connectivity index (χ3v) is 3.29. The summed E-state index contributed by atoms with van der Waals surface area (Å²) in [6.07, 6.45) is 5.56. The number of benzene rings is 1. The first-order valence-electron chi connectivity index (χ1n) is 5.66. The normalized spacial score (nSPS) is 17.2. The van der Waals surface area contributed by atoms with Gasteiger partial charge >= 0.3 is 5.69 Å². The molecule has 0 amide bonds. The summed E-state index contributed by atoms with van der Waals surface area (Å²) in [6, 6.07) is 4.81. The molecular formula is C12H15NO3. The van der Waals surface area contributed by atoms with Crippen LogP contribution in [0.25, 0.3) is 0 Å². The molecule has 0 aliphatic heterocycles.